The molecule has 2 aliphatic heterocycles. The Labute approximate surface area is 212 Å². The van der Waals surface area contributed by atoms with E-state index in [0.717, 1.165) is 57.3 Å². The van der Waals surface area contributed by atoms with Crippen LogP contribution in [0.15, 0.2) is 35.7 Å². The topological polar surface area (TPSA) is 59.1 Å². The minimum Gasteiger partial charge on any atom is -0.491 e. The van der Waals surface area contributed by atoms with Gasteiger partial charge < -0.3 is 19.3 Å². The Morgan fingerprint density at radius 1 is 1.11 bits per heavy atom. The average Bonchev–Trinajstić information content (AvgIpc) is 3.65. The third-order valence-electron chi connectivity index (χ3n) is 7.63. The van der Waals surface area contributed by atoms with Gasteiger partial charge in [-0.2, -0.15) is 0 Å². The molecule has 35 heavy (non-hydrogen) atoms. The lowest BCUT2D eigenvalue weighted by Gasteiger charge is -2.37. The minimum atomic E-state index is -0.148. The van der Waals surface area contributed by atoms with Crippen molar-refractivity contribution < 1.29 is 19.1 Å². The Morgan fingerprint density at radius 2 is 1.91 bits per heavy atom. The molecule has 1 aromatic heterocycles. The smallest absolute Gasteiger partial charge is 0.242 e. The number of benzene rings is 1. The van der Waals surface area contributed by atoms with Gasteiger partial charge in [-0.1, -0.05) is 30.5 Å². The second kappa shape index (κ2) is 11.1. The van der Waals surface area contributed by atoms with Crippen molar-refractivity contribution in [1.82, 2.24) is 9.80 Å². The summed E-state index contributed by atoms with van der Waals surface area (Å²) in [7, 11) is 0. The normalized spacial score (nSPS) is 22.3. The fourth-order valence-corrected chi connectivity index (χ4v) is 6.56. The highest BCUT2D eigenvalue weighted by Crippen LogP contribution is 2.34. The van der Waals surface area contributed by atoms with E-state index in [1.807, 2.05) is 29.2 Å². The molecule has 2 amide bonds. The molecule has 2 unspecified atom stereocenters. The number of thiophene rings is 1. The Balaban J connectivity index is 1.31. The molecule has 0 bridgehead atoms. The first-order valence-electron chi connectivity index (χ1n) is 13.0. The molecule has 5 rings (SSSR count). The van der Waals surface area contributed by atoms with Gasteiger partial charge in [0.1, 0.15) is 12.4 Å². The van der Waals surface area contributed by atoms with Crippen molar-refractivity contribution in [2.75, 3.05) is 32.8 Å². The van der Waals surface area contributed by atoms with Crippen LogP contribution in [0, 0.1) is 12.8 Å². The molecule has 2 fully saturated rings. The molecule has 1 saturated carbocycles. The molecule has 188 valence electrons. The van der Waals surface area contributed by atoms with Gasteiger partial charge in [-0.25, -0.2) is 0 Å². The van der Waals surface area contributed by atoms with Crippen molar-refractivity contribution in [1.29, 1.82) is 0 Å². The first-order valence-corrected chi connectivity index (χ1v) is 13.9. The number of ether oxygens (including phenoxy) is 2. The fraction of sp³-hybridized carbons (Fsp3) is 0.571. The number of carbonyl (C=O) groups excluding carboxylic acids is 2. The molecule has 7 heteroatoms. The van der Waals surface area contributed by atoms with Crippen LogP contribution in [0.4, 0.5) is 0 Å². The van der Waals surface area contributed by atoms with Gasteiger partial charge in [0.15, 0.2) is 0 Å². The van der Waals surface area contributed by atoms with E-state index in [-0.39, 0.29) is 36.4 Å². The van der Waals surface area contributed by atoms with Crippen molar-refractivity contribution in [2.24, 2.45) is 5.92 Å². The maximum atomic E-state index is 13.7. The molecule has 3 aliphatic rings. The van der Waals surface area contributed by atoms with Crippen molar-refractivity contribution in [3.05, 3.63) is 51.7 Å². The van der Waals surface area contributed by atoms with Gasteiger partial charge in [0.2, 0.25) is 11.8 Å². The summed E-state index contributed by atoms with van der Waals surface area (Å²) in [6.07, 6.45) is 6.94. The number of hydrogen-bond donors (Lipinski definition) is 0. The van der Waals surface area contributed by atoms with E-state index in [9.17, 15) is 9.59 Å². The average molecular weight is 497 g/mol. The summed E-state index contributed by atoms with van der Waals surface area (Å²) in [4.78, 5) is 32.2. The van der Waals surface area contributed by atoms with Crippen LogP contribution in [0.1, 0.15) is 60.6 Å². The monoisotopic (exact) mass is 496 g/mol. The predicted octanol–water partition coefficient (Wildman–Crippen LogP) is 4.76. The van der Waals surface area contributed by atoms with E-state index in [2.05, 4.69) is 18.4 Å². The standard InChI is InChI=1S/C28H36N2O4S/c1-20-8-10-22(11-9-20)34-19-25-24-13-16-35-26(24)12-14-30(25)27(31)18-29(17-23-7-4-15-33-23)28(32)21-5-2-3-6-21/h8-11,13,16,21,23,25H,2-7,12,14-15,17-19H2,1H3. The van der Waals surface area contributed by atoms with Gasteiger partial charge in [-0.3, -0.25) is 9.59 Å². The van der Waals surface area contributed by atoms with Gasteiger partial charge in [-0.05, 0) is 68.2 Å². The zero-order chi connectivity index (χ0) is 24.2. The van der Waals surface area contributed by atoms with Crippen LogP contribution in [0.3, 0.4) is 0 Å². The number of fused-ring (bicyclic) bond motifs is 1. The van der Waals surface area contributed by atoms with Crippen molar-refractivity contribution in [2.45, 2.75) is 64.0 Å². The van der Waals surface area contributed by atoms with E-state index in [1.165, 1.54) is 16.0 Å². The zero-order valence-electron chi connectivity index (χ0n) is 20.6. The lowest BCUT2D eigenvalue weighted by molar-refractivity contribution is -0.146. The van der Waals surface area contributed by atoms with E-state index in [0.29, 0.717) is 19.7 Å². The fourth-order valence-electron chi connectivity index (χ4n) is 5.64. The lowest BCUT2D eigenvalue weighted by Crippen LogP contribution is -2.50. The van der Waals surface area contributed by atoms with E-state index >= 15 is 0 Å². The highest BCUT2D eigenvalue weighted by atomic mass is 32.1. The van der Waals surface area contributed by atoms with E-state index in [1.54, 1.807) is 16.2 Å². The largest absolute Gasteiger partial charge is 0.491 e. The van der Waals surface area contributed by atoms with E-state index in [4.69, 9.17) is 9.47 Å². The highest BCUT2D eigenvalue weighted by molar-refractivity contribution is 7.10. The molecular formula is C28H36N2O4S. The summed E-state index contributed by atoms with van der Waals surface area (Å²) >= 11 is 1.75. The summed E-state index contributed by atoms with van der Waals surface area (Å²) in [5, 5.41) is 2.10. The third kappa shape index (κ3) is 5.72. The van der Waals surface area contributed by atoms with E-state index < -0.39 is 0 Å². The van der Waals surface area contributed by atoms with Crippen molar-refractivity contribution >= 4 is 23.2 Å². The molecular weight excluding hydrogens is 460 g/mol. The number of hydrogen-bond acceptors (Lipinski definition) is 5. The summed E-state index contributed by atoms with van der Waals surface area (Å²) in [5.74, 6) is 0.993. The molecule has 0 spiro atoms. The van der Waals surface area contributed by atoms with Gasteiger partial charge in [-0.15, -0.1) is 11.3 Å². The highest BCUT2D eigenvalue weighted by Gasteiger charge is 2.36. The quantitative estimate of drug-likeness (QED) is 0.529. The van der Waals surface area contributed by atoms with Crippen LogP contribution >= 0.6 is 11.3 Å². The maximum absolute atomic E-state index is 13.7. The molecule has 1 aromatic carbocycles. The Hall–Kier alpha value is -2.38. The first kappa shape index (κ1) is 24.3. The molecule has 3 heterocycles. The van der Waals surface area contributed by atoms with Gasteiger partial charge in [0, 0.05) is 30.5 Å². The van der Waals surface area contributed by atoms with Crippen LogP contribution in [-0.4, -0.2) is 60.6 Å². The number of amides is 2. The molecule has 2 aromatic rings. The number of nitrogens with zero attached hydrogens (tertiary/aromatic N) is 2. The van der Waals surface area contributed by atoms with Crippen LogP contribution in [-0.2, 0) is 20.7 Å². The van der Waals surface area contributed by atoms with Crippen LogP contribution in [0.2, 0.25) is 0 Å². The lowest BCUT2D eigenvalue weighted by atomic mass is 10.00. The second-order valence-corrected chi connectivity index (χ2v) is 11.1. The Kier molecular flexibility index (Phi) is 7.73. The second-order valence-electron chi connectivity index (χ2n) is 10.1. The Morgan fingerprint density at radius 3 is 2.66 bits per heavy atom. The molecule has 2 atom stereocenters. The summed E-state index contributed by atoms with van der Waals surface area (Å²) in [6, 6.07) is 9.99. The summed E-state index contributed by atoms with van der Waals surface area (Å²) in [6.45, 7) is 4.49. The number of aryl methyl sites for hydroxylation is 1. The molecule has 0 radical (unpaired) electrons. The third-order valence-corrected chi connectivity index (χ3v) is 8.63. The molecule has 0 N–H and O–H groups in total. The zero-order valence-corrected chi connectivity index (χ0v) is 21.4. The Bertz CT molecular complexity index is 1010. The minimum absolute atomic E-state index is 0.00343. The summed E-state index contributed by atoms with van der Waals surface area (Å²) < 4.78 is 12.0. The van der Waals surface area contributed by atoms with Gasteiger partial charge in [0.25, 0.3) is 0 Å². The molecule has 1 aliphatic carbocycles. The van der Waals surface area contributed by atoms with Crippen LogP contribution < -0.4 is 4.74 Å². The van der Waals surface area contributed by atoms with Gasteiger partial charge in [0.05, 0.1) is 18.7 Å². The maximum Gasteiger partial charge on any atom is 0.242 e. The van der Waals surface area contributed by atoms with Crippen LogP contribution in [0.5, 0.6) is 5.75 Å². The SMILES string of the molecule is Cc1ccc(OCC2c3ccsc3CCN2C(=O)CN(CC2CCCO2)C(=O)C2CCCC2)cc1. The number of rotatable bonds is 8. The van der Waals surface area contributed by atoms with Crippen molar-refractivity contribution in [3.8, 4) is 5.75 Å². The van der Waals surface area contributed by atoms with Crippen molar-refractivity contribution in [3.63, 3.8) is 0 Å². The first-order chi connectivity index (χ1) is 17.1. The predicted molar refractivity (Wildman–Crippen MR) is 137 cm³/mol. The van der Waals surface area contributed by atoms with Crippen LogP contribution in [0.25, 0.3) is 0 Å². The molecule has 6 nitrogen and oxygen atoms in total. The number of carbonyl (C=O) groups is 2. The summed E-state index contributed by atoms with van der Waals surface area (Å²) in [5.41, 5.74) is 2.36. The van der Waals surface area contributed by atoms with Gasteiger partial charge >= 0.3 is 0 Å². The molecule has 1 saturated heterocycles.